The van der Waals surface area contributed by atoms with E-state index in [2.05, 4.69) is 0 Å². The molecule has 0 saturated heterocycles. The first-order chi connectivity index (χ1) is 4.07. The molecule has 0 spiro atoms. The van der Waals surface area contributed by atoms with Crippen LogP contribution >= 0.6 is 0 Å². The summed E-state index contributed by atoms with van der Waals surface area (Å²) in [4.78, 5) is 10.1. The highest BCUT2D eigenvalue weighted by molar-refractivity contribution is 5.80. The van der Waals surface area contributed by atoms with Crippen LogP contribution in [-0.2, 0) is 4.79 Å². The van der Waals surface area contributed by atoms with Gasteiger partial charge in [0.1, 0.15) is 11.7 Å². The van der Waals surface area contributed by atoms with Crippen molar-refractivity contribution in [3.63, 3.8) is 0 Å². The van der Waals surface area contributed by atoms with Crippen LogP contribution in [0.5, 0.6) is 0 Å². The molecule has 0 heterocycles. The second kappa shape index (κ2) is 1.67. The normalized spacial score (nSPS) is 41.8. The van der Waals surface area contributed by atoms with E-state index in [0.29, 0.717) is 0 Å². The molecule has 2 unspecified atom stereocenters. The molecule has 3 nitrogen and oxygen atoms in total. The monoisotopic (exact) mass is 132 g/mol. The van der Waals surface area contributed by atoms with Gasteiger partial charge in [0.25, 0.3) is 0 Å². The summed E-state index contributed by atoms with van der Waals surface area (Å²) in [6.07, 6.45) is -0.818. The van der Waals surface area contributed by atoms with Gasteiger partial charge in [-0.05, 0) is 12.8 Å². The van der Waals surface area contributed by atoms with Crippen LogP contribution in [0.1, 0.15) is 12.8 Å². The summed E-state index contributed by atoms with van der Waals surface area (Å²) in [7, 11) is 0. The van der Waals surface area contributed by atoms with E-state index in [1.165, 1.54) is 0 Å². The smallest absolute Gasteiger partial charge is 0.326 e. The highest BCUT2D eigenvalue weighted by Crippen LogP contribution is 2.32. The van der Waals surface area contributed by atoms with E-state index in [0.717, 1.165) is 0 Å². The Balaban J connectivity index is 2.64. The zero-order valence-electron chi connectivity index (χ0n) is 4.80. The summed E-state index contributed by atoms with van der Waals surface area (Å²) >= 11 is 0. The second-order valence-electron chi connectivity index (χ2n) is 2.35. The molecule has 3 N–H and O–H groups in total. The zero-order valence-corrected chi connectivity index (χ0v) is 4.80. The van der Waals surface area contributed by atoms with Crippen molar-refractivity contribution in [1.29, 1.82) is 0 Å². The number of carbonyl (C=O) groups is 1. The van der Waals surface area contributed by atoms with Gasteiger partial charge in [-0.2, -0.15) is 0 Å². The Hall–Kier alpha value is -0.640. The van der Waals surface area contributed by atoms with Crippen molar-refractivity contribution in [2.75, 3.05) is 0 Å². The van der Waals surface area contributed by atoms with E-state index in [1.807, 2.05) is 0 Å². The minimum Gasteiger partial charge on any atom is -0.480 e. The third kappa shape index (κ3) is 0.702. The molecule has 0 bridgehead atoms. The van der Waals surface area contributed by atoms with Gasteiger partial charge < -0.3 is 10.8 Å². The molecule has 0 amide bonds. The van der Waals surface area contributed by atoms with Gasteiger partial charge in [-0.3, -0.25) is 4.79 Å². The fourth-order valence-electron chi connectivity index (χ4n) is 0.805. The van der Waals surface area contributed by atoms with Crippen molar-refractivity contribution in [1.82, 2.24) is 0 Å². The van der Waals surface area contributed by atoms with Gasteiger partial charge in [0.15, 0.2) is 0 Å². The summed E-state index contributed by atoms with van der Waals surface area (Å²) in [5.74, 6) is -1.23. The Morgan fingerprint density at radius 1 is 1.89 bits per heavy atom. The van der Waals surface area contributed by atoms with Gasteiger partial charge in [-0.1, -0.05) is 0 Å². The lowest BCUT2D eigenvalue weighted by Crippen LogP contribution is -2.62. The van der Waals surface area contributed by atoms with E-state index in [4.69, 9.17) is 10.8 Å². The first kappa shape index (κ1) is 6.48. The summed E-state index contributed by atoms with van der Waals surface area (Å²) in [6, 6.07) is 0. The molecule has 1 rings (SSSR count). The zero-order chi connectivity index (χ0) is 7.07. The SMILES string of the molecule is NC1(C(=O)O)CCC1[18F]. The average molecular weight is 132 g/mol. The van der Waals surface area contributed by atoms with E-state index in [9.17, 15) is 9.18 Å². The number of alkyl halides is 1. The number of carboxylic acids is 1. The largest absolute Gasteiger partial charge is 0.480 e. The fraction of sp³-hybridized carbons (Fsp3) is 0.800. The quantitative estimate of drug-likeness (QED) is 0.523. The molecule has 0 aromatic carbocycles. The standard InChI is InChI=1S/C5H8FNO2/c6-3-1-2-5(3,7)4(8)9/h3H,1-2,7H2,(H,8,9)/i6-1. The predicted octanol–water partition coefficient (Wildman–Crippen LogP) is -0.0996. The van der Waals surface area contributed by atoms with Crippen molar-refractivity contribution >= 4 is 5.97 Å². The average Bonchev–Trinajstić information content (AvgIpc) is 1.82. The number of hydrogen-bond acceptors (Lipinski definition) is 2. The van der Waals surface area contributed by atoms with Gasteiger partial charge in [-0.15, -0.1) is 0 Å². The number of rotatable bonds is 1. The maximum atomic E-state index is 12.3. The Labute approximate surface area is 51.7 Å². The second-order valence-corrected chi connectivity index (χ2v) is 2.35. The van der Waals surface area contributed by atoms with Crippen LogP contribution in [0.25, 0.3) is 0 Å². The molecule has 9 heavy (non-hydrogen) atoms. The maximum Gasteiger partial charge on any atom is 0.326 e. The molecule has 4 heteroatoms. The third-order valence-corrected chi connectivity index (χ3v) is 1.77. The highest BCUT2D eigenvalue weighted by Gasteiger charge is 2.50. The van der Waals surface area contributed by atoms with E-state index >= 15 is 0 Å². The molecule has 1 aliphatic rings. The minimum atomic E-state index is -1.57. The fourth-order valence-corrected chi connectivity index (χ4v) is 0.805. The van der Waals surface area contributed by atoms with Crippen LogP contribution in [-0.4, -0.2) is 22.8 Å². The molecule has 1 aliphatic carbocycles. The number of nitrogens with two attached hydrogens (primary N) is 1. The molecular formula is C5H8FNO2. The molecule has 52 valence electrons. The van der Waals surface area contributed by atoms with Crippen molar-refractivity contribution < 1.29 is 14.3 Å². The highest BCUT2D eigenvalue weighted by atomic mass is 18.2. The first-order valence-corrected chi connectivity index (χ1v) is 2.74. The molecular weight excluding hydrogens is 124 g/mol. The van der Waals surface area contributed by atoms with Gasteiger partial charge in [-0.25, -0.2) is 4.39 Å². The van der Waals surface area contributed by atoms with Gasteiger partial charge in [0.05, 0.1) is 0 Å². The number of hydrogen-bond donors (Lipinski definition) is 2. The summed E-state index contributed by atoms with van der Waals surface area (Å²) < 4.78 is 12.3. The van der Waals surface area contributed by atoms with Crippen LogP contribution in [0.15, 0.2) is 0 Å². The van der Waals surface area contributed by atoms with E-state index in [-0.39, 0.29) is 12.8 Å². The van der Waals surface area contributed by atoms with E-state index in [1.54, 1.807) is 0 Å². The van der Waals surface area contributed by atoms with Crippen molar-refractivity contribution in [2.24, 2.45) is 5.73 Å². The lowest BCUT2D eigenvalue weighted by molar-refractivity contribution is -0.151. The van der Waals surface area contributed by atoms with Crippen molar-refractivity contribution in [3.8, 4) is 0 Å². The first-order valence-electron chi connectivity index (χ1n) is 2.74. The molecule has 1 saturated carbocycles. The lowest BCUT2D eigenvalue weighted by Gasteiger charge is -2.37. The van der Waals surface area contributed by atoms with Crippen LogP contribution in [0, 0.1) is 0 Å². The van der Waals surface area contributed by atoms with Gasteiger partial charge in [0.2, 0.25) is 0 Å². The summed E-state index contributed by atoms with van der Waals surface area (Å²) in [5, 5.41) is 8.30. The third-order valence-electron chi connectivity index (χ3n) is 1.77. The van der Waals surface area contributed by atoms with Crippen LogP contribution < -0.4 is 5.73 Å². The lowest BCUT2D eigenvalue weighted by atomic mass is 9.75. The summed E-state index contributed by atoms with van der Waals surface area (Å²) in [6.45, 7) is 0. The molecule has 0 aromatic rings. The Morgan fingerprint density at radius 2 is 2.44 bits per heavy atom. The molecule has 0 aromatic heterocycles. The molecule has 0 aliphatic heterocycles. The molecule has 2 atom stereocenters. The molecule has 0 radical (unpaired) electrons. The Kier molecular flexibility index (Phi) is 1.20. The van der Waals surface area contributed by atoms with Crippen molar-refractivity contribution in [3.05, 3.63) is 0 Å². The topological polar surface area (TPSA) is 63.3 Å². The van der Waals surface area contributed by atoms with Crippen LogP contribution in [0.2, 0.25) is 0 Å². The van der Waals surface area contributed by atoms with Gasteiger partial charge in [0, 0.05) is 0 Å². The van der Waals surface area contributed by atoms with E-state index < -0.39 is 17.7 Å². The number of carboxylic acid groups (broad SMARTS) is 1. The number of aliphatic carboxylic acids is 1. The Bertz CT molecular complexity index is 150. The van der Waals surface area contributed by atoms with Crippen LogP contribution in [0.3, 0.4) is 0 Å². The van der Waals surface area contributed by atoms with Crippen molar-refractivity contribution in [2.45, 2.75) is 24.6 Å². The van der Waals surface area contributed by atoms with Gasteiger partial charge >= 0.3 is 5.97 Å². The summed E-state index contributed by atoms with van der Waals surface area (Å²) in [5.41, 5.74) is 3.55. The predicted molar refractivity (Wildman–Crippen MR) is 28.7 cm³/mol. The van der Waals surface area contributed by atoms with Crippen LogP contribution in [0.4, 0.5) is 4.39 Å². The minimum absolute atomic E-state index is 0.253. The Morgan fingerprint density at radius 3 is 2.44 bits per heavy atom. The molecule has 1 fully saturated rings. The maximum absolute atomic E-state index is 12.3. The number of halogens is 1.